The zero-order valence-electron chi connectivity index (χ0n) is 12.5. The van der Waals surface area contributed by atoms with Crippen LogP contribution in [0.4, 0.5) is 4.79 Å². The molecule has 3 rings (SSSR count). The van der Waals surface area contributed by atoms with E-state index < -0.39 is 6.09 Å². The van der Waals surface area contributed by atoms with E-state index in [2.05, 4.69) is 41.3 Å². The Morgan fingerprint density at radius 2 is 2.00 bits per heavy atom. The number of hydrogen-bond donors (Lipinski definition) is 1. The van der Waals surface area contributed by atoms with Crippen molar-refractivity contribution in [1.82, 2.24) is 15.0 Å². The molecular weight excluding hydrogens is 282 g/mol. The van der Waals surface area contributed by atoms with Gasteiger partial charge in [0.2, 0.25) is 5.89 Å². The topological polar surface area (TPSA) is 79.5 Å². The van der Waals surface area contributed by atoms with Gasteiger partial charge >= 0.3 is 6.09 Å². The Labute approximate surface area is 128 Å². The first kappa shape index (κ1) is 14.6. The van der Waals surface area contributed by atoms with E-state index in [1.165, 1.54) is 10.5 Å². The zero-order chi connectivity index (χ0) is 15.5. The van der Waals surface area contributed by atoms with Gasteiger partial charge in [0.1, 0.15) is 0 Å². The van der Waals surface area contributed by atoms with Gasteiger partial charge in [-0.1, -0.05) is 35.0 Å². The lowest BCUT2D eigenvalue weighted by atomic mass is 9.97. The lowest BCUT2D eigenvalue weighted by Gasteiger charge is -2.27. The highest BCUT2D eigenvalue weighted by atomic mass is 16.5. The van der Waals surface area contributed by atoms with Crippen molar-refractivity contribution in [3.63, 3.8) is 0 Å². The number of rotatable bonds is 3. The summed E-state index contributed by atoms with van der Waals surface area (Å²) < 4.78 is 5.37. The molecule has 6 nitrogen and oxygen atoms in total. The fourth-order valence-electron chi connectivity index (χ4n) is 2.71. The zero-order valence-corrected chi connectivity index (χ0v) is 12.5. The average molecular weight is 301 g/mol. The standard InChI is InChI=1S/C16H19N3O3/c1-11-2-4-12(5-3-11)10-14-17-15(22-18-14)13-6-8-19(9-7-13)16(20)21/h2-5,13H,6-10H2,1H3,(H,20,21). The highest BCUT2D eigenvalue weighted by Gasteiger charge is 2.27. The fraction of sp³-hybridized carbons (Fsp3) is 0.438. The van der Waals surface area contributed by atoms with Crippen molar-refractivity contribution < 1.29 is 14.4 Å². The van der Waals surface area contributed by atoms with Crippen molar-refractivity contribution in [2.75, 3.05) is 13.1 Å². The highest BCUT2D eigenvalue weighted by molar-refractivity contribution is 5.65. The Kier molecular flexibility index (Phi) is 4.09. The third-order valence-electron chi connectivity index (χ3n) is 4.08. The van der Waals surface area contributed by atoms with Crippen LogP contribution in [0.1, 0.15) is 41.6 Å². The molecule has 0 aliphatic carbocycles. The Hall–Kier alpha value is -2.37. The summed E-state index contributed by atoms with van der Waals surface area (Å²) in [7, 11) is 0. The van der Waals surface area contributed by atoms with Crippen LogP contribution >= 0.6 is 0 Å². The lowest BCUT2D eigenvalue weighted by molar-refractivity contribution is 0.128. The smallest absolute Gasteiger partial charge is 0.407 e. The number of aryl methyl sites for hydroxylation is 1. The van der Waals surface area contributed by atoms with Crippen LogP contribution in [0.2, 0.25) is 0 Å². The number of benzene rings is 1. The molecule has 1 aliphatic rings. The van der Waals surface area contributed by atoms with Crippen molar-refractivity contribution in [3.8, 4) is 0 Å². The minimum atomic E-state index is -0.857. The first-order valence-electron chi connectivity index (χ1n) is 7.47. The Morgan fingerprint density at radius 3 is 2.64 bits per heavy atom. The van der Waals surface area contributed by atoms with Crippen LogP contribution in [0.15, 0.2) is 28.8 Å². The highest BCUT2D eigenvalue weighted by Crippen LogP contribution is 2.27. The minimum absolute atomic E-state index is 0.162. The van der Waals surface area contributed by atoms with Crippen molar-refractivity contribution in [2.45, 2.75) is 32.1 Å². The molecule has 0 bridgehead atoms. The quantitative estimate of drug-likeness (QED) is 0.943. The molecule has 1 aromatic carbocycles. The number of aromatic nitrogens is 2. The van der Waals surface area contributed by atoms with Gasteiger partial charge in [-0.25, -0.2) is 4.79 Å². The summed E-state index contributed by atoms with van der Waals surface area (Å²) >= 11 is 0. The SMILES string of the molecule is Cc1ccc(Cc2noc(C3CCN(C(=O)O)CC3)n2)cc1. The molecule has 1 aliphatic heterocycles. The molecular formula is C16H19N3O3. The van der Waals surface area contributed by atoms with Crippen molar-refractivity contribution in [1.29, 1.82) is 0 Å². The van der Waals surface area contributed by atoms with E-state index in [1.54, 1.807) is 0 Å². The maximum Gasteiger partial charge on any atom is 0.407 e. The normalized spacial score (nSPS) is 16.0. The summed E-state index contributed by atoms with van der Waals surface area (Å²) in [5.41, 5.74) is 2.38. The molecule has 1 N–H and O–H groups in total. The van der Waals surface area contributed by atoms with Crippen molar-refractivity contribution in [3.05, 3.63) is 47.1 Å². The van der Waals surface area contributed by atoms with Crippen LogP contribution in [0.5, 0.6) is 0 Å². The Bertz CT molecular complexity index is 643. The van der Waals surface area contributed by atoms with Gasteiger partial charge in [0.25, 0.3) is 0 Å². The maximum absolute atomic E-state index is 10.9. The first-order chi connectivity index (χ1) is 10.6. The van der Waals surface area contributed by atoms with Gasteiger partial charge in [0.05, 0.1) is 0 Å². The molecule has 2 aromatic rings. The lowest BCUT2D eigenvalue weighted by Crippen LogP contribution is -2.36. The summed E-state index contributed by atoms with van der Waals surface area (Å²) in [5.74, 6) is 1.47. The number of carbonyl (C=O) groups is 1. The number of piperidine rings is 1. The van der Waals surface area contributed by atoms with Gasteiger partial charge in [-0.05, 0) is 25.3 Å². The van der Waals surface area contributed by atoms with E-state index in [9.17, 15) is 4.79 Å². The second kappa shape index (κ2) is 6.17. The van der Waals surface area contributed by atoms with Crippen LogP contribution in [-0.2, 0) is 6.42 Å². The molecule has 0 radical (unpaired) electrons. The van der Waals surface area contributed by atoms with Gasteiger partial charge < -0.3 is 14.5 Å². The van der Waals surface area contributed by atoms with Gasteiger partial charge in [-0.3, -0.25) is 0 Å². The third kappa shape index (κ3) is 3.27. The minimum Gasteiger partial charge on any atom is -0.465 e. The van der Waals surface area contributed by atoms with E-state index in [0.717, 1.165) is 18.4 Å². The van der Waals surface area contributed by atoms with Gasteiger partial charge in [-0.15, -0.1) is 0 Å². The third-order valence-corrected chi connectivity index (χ3v) is 4.08. The van der Waals surface area contributed by atoms with E-state index in [4.69, 9.17) is 9.63 Å². The summed E-state index contributed by atoms with van der Waals surface area (Å²) in [6.45, 7) is 3.10. The molecule has 0 spiro atoms. The van der Waals surface area contributed by atoms with E-state index in [-0.39, 0.29) is 5.92 Å². The predicted molar refractivity (Wildman–Crippen MR) is 79.9 cm³/mol. The average Bonchev–Trinajstić information content (AvgIpc) is 2.98. The van der Waals surface area contributed by atoms with Crippen molar-refractivity contribution in [2.24, 2.45) is 0 Å². The monoisotopic (exact) mass is 301 g/mol. The number of amides is 1. The first-order valence-corrected chi connectivity index (χ1v) is 7.47. The van der Waals surface area contributed by atoms with Crippen LogP contribution in [-0.4, -0.2) is 39.3 Å². The largest absolute Gasteiger partial charge is 0.465 e. The number of hydrogen-bond acceptors (Lipinski definition) is 4. The maximum atomic E-state index is 10.9. The molecule has 0 saturated carbocycles. The number of nitrogens with zero attached hydrogens (tertiary/aromatic N) is 3. The fourth-order valence-corrected chi connectivity index (χ4v) is 2.71. The molecule has 22 heavy (non-hydrogen) atoms. The summed E-state index contributed by atoms with van der Waals surface area (Å²) in [6, 6.07) is 8.27. The molecule has 6 heteroatoms. The van der Waals surface area contributed by atoms with Crippen LogP contribution in [0.3, 0.4) is 0 Å². The van der Waals surface area contributed by atoms with Crippen LogP contribution in [0.25, 0.3) is 0 Å². The molecule has 1 amide bonds. The molecule has 1 aromatic heterocycles. The van der Waals surface area contributed by atoms with Crippen LogP contribution < -0.4 is 0 Å². The van der Waals surface area contributed by atoms with E-state index >= 15 is 0 Å². The molecule has 1 fully saturated rings. The molecule has 116 valence electrons. The number of carboxylic acid groups (broad SMARTS) is 1. The molecule has 2 heterocycles. The predicted octanol–water partition coefficient (Wildman–Crippen LogP) is 2.83. The molecule has 1 saturated heterocycles. The van der Waals surface area contributed by atoms with Gasteiger partial charge in [-0.2, -0.15) is 4.98 Å². The van der Waals surface area contributed by atoms with Gasteiger partial charge in [0.15, 0.2) is 5.82 Å². The Balaban J connectivity index is 1.62. The van der Waals surface area contributed by atoms with E-state index in [0.29, 0.717) is 31.2 Å². The summed E-state index contributed by atoms with van der Waals surface area (Å²) in [5, 5.41) is 13.0. The second-order valence-electron chi connectivity index (χ2n) is 5.76. The number of likely N-dealkylation sites (tertiary alicyclic amines) is 1. The molecule has 0 unspecified atom stereocenters. The summed E-state index contributed by atoms with van der Waals surface area (Å²) in [6.07, 6.45) is 1.26. The molecule has 0 atom stereocenters. The summed E-state index contributed by atoms with van der Waals surface area (Å²) in [4.78, 5) is 16.8. The van der Waals surface area contributed by atoms with E-state index in [1.807, 2.05) is 0 Å². The van der Waals surface area contributed by atoms with Crippen molar-refractivity contribution >= 4 is 6.09 Å². The second-order valence-corrected chi connectivity index (χ2v) is 5.76. The van der Waals surface area contributed by atoms with Crippen LogP contribution in [0, 0.1) is 6.92 Å². The Morgan fingerprint density at radius 1 is 1.32 bits per heavy atom. The van der Waals surface area contributed by atoms with Gasteiger partial charge in [0, 0.05) is 25.4 Å².